The number of nitrogen functional groups attached to an aromatic ring is 1. The van der Waals surface area contributed by atoms with Crippen molar-refractivity contribution in [1.82, 2.24) is 9.19 Å². The highest BCUT2D eigenvalue weighted by Crippen LogP contribution is 2.17. The summed E-state index contributed by atoms with van der Waals surface area (Å²) in [6.07, 6.45) is 1.21. The molecule has 8 nitrogen and oxygen atoms in total. The number of rotatable bonds is 5. The first-order chi connectivity index (χ1) is 7.65. The first kappa shape index (κ1) is 13.8. The fourth-order valence-corrected chi connectivity index (χ4v) is 2.78. The van der Waals surface area contributed by atoms with Crippen LogP contribution in [0.2, 0.25) is 0 Å². The van der Waals surface area contributed by atoms with E-state index in [1.165, 1.54) is 0 Å². The van der Waals surface area contributed by atoms with Gasteiger partial charge >= 0.3 is 10.1 Å². The van der Waals surface area contributed by atoms with Gasteiger partial charge in [-0.15, -0.1) is 9.19 Å². The lowest BCUT2D eigenvalue weighted by molar-refractivity contribution is 0.479. The lowest BCUT2D eigenvalue weighted by atomic mass is 10.6. The standard InChI is InChI=1S/C7H13N3O5S2/c1-3-4-17(13,14)10-6(8)5-7(9-10)15-16(2,11)12/h5H,3-4,8H2,1-2H3. The maximum Gasteiger partial charge on any atom is 0.307 e. The molecule has 10 heteroatoms. The predicted octanol–water partition coefficient (Wildman–Crippen LogP) is -0.608. The van der Waals surface area contributed by atoms with Crippen molar-refractivity contribution < 1.29 is 21.0 Å². The molecule has 0 aliphatic carbocycles. The summed E-state index contributed by atoms with van der Waals surface area (Å²) in [5.41, 5.74) is 5.42. The minimum atomic E-state index is -3.76. The average molecular weight is 283 g/mol. The van der Waals surface area contributed by atoms with Crippen molar-refractivity contribution in [3.63, 3.8) is 0 Å². The molecule has 1 aromatic heterocycles. The Kier molecular flexibility index (Phi) is 3.67. The van der Waals surface area contributed by atoms with Gasteiger partial charge in [0.2, 0.25) is 0 Å². The largest absolute Gasteiger partial charge is 0.383 e. The number of nitrogens with two attached hydrogens (primary N) is 1. The molecule has 0 radical (unpaired) electrons. The SMILES string of the molecule is CCCS(=O)(=O)n1nc(OS(C)(=O)=O)cc1N. The highest BCUT2D eigenvalue weighted by Gasteiger charge is 2.19. The van der Waals surface area contributed by atoms with E-state index in [4.69, 9.17) is 5.73 Å². The van der Waals surface area contributed by atoms with E-state index >= 15 is 0 Å². The van der Waals surface area contributed by atoms with Crippen LogP contribution in [0.1, 0.15) is 13.3 Å². The molecule has 1 aromatic rings. The minimum absolute atomic E-state index is 0.142. The van der Waals surface area contributed by atoms with Crippen molar-refractivity contribution in [2.75, 3.05) is 17.7 Å². The smallest absolute Gasteiger partial charge is 0.307 e. The molecular formula is C7H13N3O5S2. The lowest BCUT2D eigenvalue weighted by Crippen LogP contribution is -2.19. The van der Waals surface area contributed by atoms with Gasteiger partial charge in [0, 0.05) is 6.07 Å². The van der Waals surface area contributed by atoms with Crippen LogP contribution in [0.25, 0.3) is 0 Å². The van der Waals surface area contributed by atoms with Crippen molar-refractivity contribution in [2.24, 2.45) is 0 Å². The van der Waals surface area contributed by atoms with E-state index in [-0.39, 0.29) is 17.5 Å². The van der Waals surface area contributed by atoms with Gasteiger partial charge in [0.05, 0.1) is 12.0 Å². The third-order valence-corrected chi connectivity index (χ3v) is 3.86. The Balaban J connectivity index is 3.14. The van der Waals surface area contributed by atoms with Gasteiger partial charge in [-0.1, -0.05) is 6.92 Å². The predicted molar refractivity (Wildman–Crippen MR) is 61.6 cm³/mol. The van der Waals surface area contributed by atoms with Gasteiger partial charge in [-0.2, -0.15) is 8.42 Å². The van der Waals surface area contributed by atoms with Crippen molar-refractivity contribution in [3.05, 3.63) is 6.07 Å². The normalized spacial score (nSPS) is 12.6. The fourth-order valence-electron chi connectivity index (χ4n) is 1.12. The Morgan fingerprint density at radius 3 is 2.47 bits per heavy atom. The lowest BCUT2D eigenvalue weighted by Gasteiger charge is -2.03. The topological polar surface area (TPSA) is 121 Å². The molecule has 0 amide bonds. The summed E-state index contributed by atoms with van der Waals surface area (Å²) in [5, 5.41) is 3.49. The average Bonchev–Trinajstić information content (AvgIpc) is 2.43. The van der Waals surface area contributed by atoms with E-state index in [0.717, 1.165) is 12.3 Å². The van der Waals surface area contributed by atoms with Gasteiger partial charge in [-0.25, -0.2) is 8.42 Å². The number of aromatic nitrogens is 2. The van der Waals surface area contributed by atoms with Crippen LogP contribution in [0.5, 0.6) is 5.88 Å². The van der Waals surface area contributed by atoms with E-state index in [0.29, 0.717) is 10.5 Å². The van der Waals surface area contributed by atoms with E-state index in [1.807, 2.05) is 0 Å². The summed E-state index contributed by atoms with van der Waals surface area (Å²) < 4.78 is 50.0. The molecular weight excluding hydrogens is 270 g/mol. The van der Waals surface area contributed by atoms with Crippen LogP contribution in [-0.2, 0) is 20.1 Å². The van der Waals surface area contributed by atoms with Crippen molar-refractivity contribution in [1.29, 1.82) is 0 Å². The summed E-state index contributed by atoms with van der Waals surface area (Å²) in [6, 6.07) is 1.04. The number of hydrogen-bond donors (Lipinski definition) is 1. The van der Waals surface area contributed by atoms with Crippen molar-refractivity contribution >= 4 is 26.0 Å². The third kappa shape index (κ3) is 3.60. The molecule has 98 valence electrons. The number of nitrogens with zero attached hydrogens (tertiary/aromatic N) is 2. The van der Waals surface area contributed by atoms with Crippen LogP contribution in [0.3, 0.4) is 0 Å². The molecule has 2 N–H and O–H groups in total. The zero-order valence-electron chi connectivity index (χ0n) is 9.32. The van der Waals surface area contributed by atoms with Gasteiger partial charge in [-0.3, -0.25) is 0 Å². The van der Waals surface area contributed by atoms with E-state index < -0.39 is 20.1 Å². The van der Waals surface area contributed by atoms with Crippen molar-refractivity contribution in [2.45, 2.75) is 13.3 Å². The van der Waals surface area contributed by atoms with E-state index in [2.05, 4.69) is 9.28 Å². The Bertz CT molecular complexity index is 601. The Hall–Kier alpha value is -1.29. The van der Waals surface area contributed by atoms with Gasteiger partial charge in [0.25, 0.3) is 15.9 Å². The molecule has 0 unspecified atom stereocenters. The molecule has 1 rings (SSSR count). The molecule has 0 aromatic carbocycles. The summed E-state index contributed by atoms with van der Waals surface area (Å²) in [6.45, 7) is 1.69. The summed E-state index contributed by atoms with van der Waals surface area (Å²) in [4.78, 5) is 0. The molecule has 0 saturated carbocycles. The Morgan fingerprint density at radius 2 is 2.00 bits per heavy atom. The number of hydrogen-bond acceptors (Lipinski definition) is 7. The molecule has 1 heterocycles. The Morgan fingerprint density at radius 1 is 1.41 bits per heavy atom. The van der Waals surface area contributed by atoms with Gasteiger partial charge < -0.3 is 9.92 Å². The van der Waals surface area contributed by atoms with Gasteiger partial charge in [0.1, 0.15) is 5.82 Å². The summed E-state index contributed by atoms with van der Waals surface area (Å²) in [7, 11) is -7.43. The van der Waals surface area contributed by atoms with E-state index in [1.54, 1.807) is 6.92 Å². The quantitative estimate of drug-likeness (QED) is 0.715. The summed E-state index contributed by atoms with van der Waals surface area (Å²) >= 11 is 0. The second kappa shape index (κ2) is 4.53. The first-order valence-electron chi connectivity index (χ1n) is 4.64. The van der Waals surface area contributed by atoms with Crippen LogP contribution in [0.4, 0.5) is 5.82 Å². The molecule has 17 heavy (non-hydrogen) atoms. The fraction of sp³-hybridized carbons (Fsp3) is 0.571. The van der Waals surface area contributed by atoms with Crippen molar-refractivity contribution in [3.8, 4) is 5.88 Å². The molecule has 0 spiro atoms. The second-order valence-corrected chi connectivity index (χ2v) is 6.85. The second-order valence-electron chi connectivity index (χ2n) is 3.35. The van der Waals surface area contributed by atoms with Crippen LogP contribution < -0.4 is 9.92 Å². The highest BCUT2D eigenvalue weighted by molar-refractivity contribution is 7.89. The molecule has 0 saturated heterocycles. The Labute approximate surface area is 99.5 Å². The van der Waals surface area contributed by atoms with Gasteiger partial charge in [-0.05, 0) is 6.42 Å². The monoisotopic (exact) mass is 283 g/mol. The maximum absolute atomic E-state index is 11.6. The molecule has 0 aliphatic rings. The van der Waals surface area contributed by atoms with Crippen LogP contribution in [0, 0.1) is 0 Å². The maximum atomic E-state index is 11.6. The van der Waals surface area contributed by atoms with Crippen LogP contribution in [0.15, 0.2) is 6.07 Å². The highest BCUT2D eigenvalue weighted by atomic mass is 32.2. The first-order valence-corrected chi connectivity index (χ1v) is 8.06. The minimum Gasteiger partial charge on any atom is -0.383 e. The van der Waals surface area contributed by atoms with E-state index in [9.17, 15) is 16.8 Å². The zero-order chi connectivity index (χ0) is 13.3. The van der Waals surface area contributed by atoms with Gasteiger partial charge in [0.15, 0.2) is 0 Å². The molecule has 0 aliphatic heterocycles. The molecule has 0 atom stereocenters. The molecule has 0 bridgehead atoms. The van der Waals surface area contributed by atoms with Crippen LogP contribution in [-0.4, -0.2) is 38.0 Å². The third-order valence-electron chi connectivity index (χ3n) is 1.64. The van der Waals surface area contributed by atoms with Crippen LogP contribution >= 0.6 is 0 Å². The zero-order valence-corrected chi connectivity index (χ0v) is 11.0. The summed E-state index contributed by atoms with van der Waals surface area (Å²) in [5.74, 6) is -0.709. The molecule has 0 fully saturated rings. The number of anilines is 1.